The molecular formula is C40H52N4O5Si. The number of benzene rings is 3. The average molecular weight is 697 g/mol. The van der Waals surface area contributed by atoms with Crippen molar-refractivity contribution in [1.82, 2.24) is 15.0 Å². The molecule has 4 aromatic rings. The molecule has 9 nitrogen and oxygen atoms in total. The Kier molecular flexibility index (Phi) is 11.4. The van der Waals surface area contributed by atoms with Gasteiger partial charge in [-0.25, -0.2) is 0 Å². The molecule has 2 aliphatic heterocycles. The zero-order valence-corrected chi connectivity index (χ0v) is 31.1. The van der Waals surface area contributed by atoms with E-state index in [9.17, 15) is 9.90 Å². The minimum atomic E-state index is -2.21. The van der Waals surface area contributed by atoms with Crippen LogP contribution in [-0.2, 0) is 16.1 Å². The molecule has 2 unspecified atom stereocenters. The van der Waals surface area contributed by atoms with E-state index in [1.54, 1.807) is 14.2 Å². The molecule has 1 aromatic heterocycles. The predicted molar refractivity (Wildman–Crippen MR) is 199 cm³/mol. The summed E-state index contributed by atoms with van der Waals surface area (Å²) in [5, 5.41) is 20.6. The lowest BCUT2D eigenvalue weighted by Gasteiger charge is -2.46. The number of hydrogen-bond donors (Lipinski definition) is 1. The summed E-state index contributed by atoms with van der Waals surface area (Å²) < 4.78 is 20.8. The number of methoxy groups -OCH3 is 2. The Morgan fingerprint density at radius 3 is 2.48 bits per heavy atom. The van der Waals surface area contributed by atoms with Crippen LogP contribution in [0.15, 0.2) is 79.0 Å². The van der Waals surface area contributed by atoms with Gasteiger partial charge in [0.05, 0.1) is 39.5 Å². The SMILES string of the molecule is COc1ccc([Si](C)(C)C(CCn2cc(C(CO)c3ccccc3)nn2)[C@H]2Oc3ccc(N4CCCCCCC4=O)cc3[C@@H](OC)[C@@H]2C)cc1. The van der Waals surface area contributed by atoms with Crippen molar-refractivity contribution >= 4 is 24.9 Å². The minimum Gasteiger partial charge on any atom is -0.497 e. The van der Waals surface area contributed by atoms with Gasteiger partial charge in [-0.15, -0.1) is 5.10 Å². The smallest absolute Gasteiger partial charge is 0.226 e. The summed E-state index contributed by atoms with van der Waals surface area (Å²) in [6.45, 7) is 8.44. The molecular weight excluding hydrogens is 645 g/mol. The Balaban J connectivity index is 1.31. The summed E-state index contributed by atoms with van der Waals surface area (Å²) in [6.07, 6.45) is 7.30. The van der Waals surface area contributed by atoms with E-state index in [1.165, 1.54) is 5.19 Å². The standard InChI is InChI=1S/C40H52N4O5Si/c1-28-39(48-3)33-25-30(44-23-12-7-6-11-15-38(44)46)16-21-36(33)49-40(28)37(50(4,5)32-19-17-31(47-2)18-20-32)22-24-43-26-35(41-42-43)34(27-45)29-13-9-8-10-14-29/h8-10,13-14,16-21,25-26,28,34,37,39-40,45H,6-7,11-12,15,22-24,27H2,1-5H3/t28-,34?,37?,39-,40-/m0/s1. The highest BCUT2D eigenvalue weighted by Crippen LogP contribution is 2.48. The maximum absolute atomic E-state index is 13.1. The molecule has 3 heterocycles. The van der Waals surface area contributed by atoms with E-state index in [0.717, 1.165) is 72.7 Å². The molecule has 3 aromatic carbocycles. The molecule has 1 fully saturated rings. The van der Waals surface area contributed by atoms with Gasteiger partial charge in [-0.1, -0.05) is 85.7 Å². The Labute approximate surface area is 297 Å². The number of aromatic nitrogens is 3. The maximum Gasteiger partial charge on any atom is 0.226 e. The highest BCUT2D eigenvalue weighted by atomic mass is 28.3. The fourth-order valence-electron chi connectivity index (χ4n) is 8.04. The van der Waals surface area contributed by atoms with Crippen LogP contribution in [0.1, 0.15) is 74.3 Å². The second-order valence-electron chi connectivity index (χ2n) is 14.4. The molecule has 50 heavy (non-hydrogen) atoms. The molecule has 1 N–H and O–H groups in total. The third-order valence-corrected chi connectivity index (χ3v) is 15.4. The van der Waals surface area contributed by atoms with E-state index in [1.807, 2.05) is 58.2 Å². The highest BCUT2D eigenvalue weighted by Gasteiger charge is 2.47. The molecule has 0 spiro atoms. The van der Waals surface area contributed by atoms with E-state index in [0.29, 0.717) is 13.0 Å². The van der Waals surface area contributed by atoms with Crippen LogP contribution in [0.5, 0.6) is 11.5 Å². The van der Waals surface area contributed by atoms with Gasteiger partial charge in [0.2, 0.25) is 5.91 Å². The first-order chi connectivity index (χ1) is 24.2. The molecule has 10 heteroatoms. The number of nitrogens with zero attached hydrogens (tertiary/aromatic N) is 4. The van der Waals surface area contributed by atoms with Crippen molar-refractivity contribution < 1.29 is 24.1 Å². The summed E-state index contributed by atoms with van der Waals surface area (Å²) in [5.41, 5.74) is 3.88. The fourth-order valence-corrected chi connectivity index (χ4v) is 11.5. The van der Waals surface area contributed by atoms with Crippen molar-refractivity contribution in [2.45, 2.75) is 88.8 Å². The number of fused-ring (bicyclic) bond motifs is 1. The van der Waals surface area contributed by atoms with Crippen molar-refractivity contribution in [2.75, 3.05) is 32.3 Å². The van der Waals surface area contributed by atoms with Crippen LogP contribution in [0, 0.1) is 5.92 Å². The second-order valence-corrected chi connectivity index (χ2v) is 19.2. The highest BCUT2D eigenvalue weighted by molar-refractivity contribution is 6.91. The summed E-state index contributed by atoms with van der Waals surface area (Å²) in [5.74, 6) is 1.67. The predicted octanol–water partition coefficient (Wildman–Crippen LogP) is 6.87. The van der Waals surface area contributed by atoms with Crippen LogP contribution >= 0.6 is 0 Å². The third kappa shape index (κ3) is 7.52. The quantitative estimate of drug-likeness (QED) is 0.162. The van der Waals surface area contributed by atoms with E-state index in [4.69, 9.17) is 14.2 Å². The van der Waals surface area contributed by atoms with Gasteiger partial charge in [-0.3, -0.25) is 9.48 Å². The van der Waals surface area contributed by atoms with Crippen LogP contribution in [0.3, 0.4) is 0 Å². The van der Waals surface area contributed by atoms with Gasteiger partial charge in [0, 0.05) is 50.0 Å². The number of ether oxygens (including phenoxy) is 3. The van der Waals surface area contributed by atoms with Gasteiger partial charge < -0.3 is 24.2 Å². The van der Waals surface area contributed by atoms with Crippen molar-refractivity contribution in [3.63, 3.8) is 0 Å². The van der Waals surface area contributed by atoms with E-state index >= 15 is 0 Å². The van der Waals surface area contributed by atoms with Crippen LogP contribution in [-0.4, -0.2) is 67.6 Å². The molecule has 1 amide bonds. The topological polar surface area (TPSA) is 98.9 Å². The Bertz CT molecular complexity index is 1710. The number of aliphatic hydroxyl groups excluding tert-OH is 1. The normalized spacial score (nSPS) is 21.0. The fraction of sp³-hybridized carbons (Fsp3) is 0.475. The average Bonchev–Trinajstić information content (AvgIpc) is 3.59. The van der Waals surface area contributed by atoms with Crippen molar-refractivity contribution in [3.8, 4) is 11.5 Å². The summed E-state index contributed by atoms with van der Waals surface area (Å²) in [6, 6.07) is 24.7. The second kappa shape index (κ2) is 15.9. The molecule has 0 radical (unpaired) electrons. The van der Waals surface area contributed by atoms with Crippen LogP contribution < -0.4 is 19.6 Å². The van der Waals surface area contributed by atoms with Crippen molar-refractivity contribution in [3.05, 3.63) is 95.8 Å². The number of anilines is 1. The lowest BCUT2D eigenvalue weighted by atomic mass is 9.86. The molecule has 6 rings (SSSR count). The van der Waals surface area contributed by atoms with Gasteiger partial charge in [0.1, 0.15) is 17.6 Å². The molecule has 0 aliphatic carbocycles. The number of amides is 1. The zero-order valence-electron chi connectivity index (χ0n) is 30.1. The van der Waals surface area contributed by atoms with Gasteiger partial charge in [0.25, 0.3) is 0 Å². The van der Waals surface area contributed by atoms with Gasteiger partial charge >= 0.3 is 0 Å². The first kappa shape index (κ1) is 35.8. The molecule has 1 saturated heterocycles. The van der Waals surface area contributed by atoms with Gasteiger partial charge in [-0.2, -0.15) is 0 Å². The van der Waals surface area contributed by atoms with Crippen molar-refractivity contribution in [1.29, 1.82) is 0 Å². The largest absolute Gasteiger partial charge is 0.497 e. The van der Waals surface area contributed by atoms with Gasteiger partial charge in [-0.05, 0) is 60.7 Å². The number of aryl methyl sites for hydroxylation is 1. The first-order valence-electron chi connectivity index (χ1n) is 18.1. The van der Waals surface area contributed by atoms with Crippen molar-refractivity contribution in [2.24, 2.45) is 5.92 Å². The van der Waals surface area contributed by atoms with Crippen LogP contribution in [0.4, 0.5) is 5.69 Å². The van der Waals surface area contributed by atoms with E-state index < -0.39 is 8.07 Å². The number of hydrogen-bond acceptors (Lipinski definition) is 7. The Morgan fingerprint density at radius 2 is 1.76 bits per heavy atom. The summed E-state index contributed by atoms with van der Waals surface area (Å²) in [4.78, 5) is 15.1. The summed E-state index contributed by atoms with van der Waals surface area (Å²) >= 11 is 0. The lowest BCUT2D eigenvalue weighted by molar-refractivity contribution is -0.118. The monoisotopic (exact) mass is 696 g/mol. The van der Waals surface area contributed by atoms with E-state index in [-0.39, 0.29) is 42.1 Å². The Morgan fingerprint density at radius 1 is 1.00 bits per heavy atom. The number of carbonyl (C=O) groups is 1. The van der Waals surface area contributed by atoms with Crippen LogP contribution in [0.25, 0.3) is 0 Å². The molecule has 5 atom stereocenters. The summed E-state index contributed by atoms with van der Waals surface area (Å²) in [7, 11) is 1.26. The number of carbonyl (C=O) groups excluding carboxylic acids is 1. The van der Waals surface area contributed by atoms with E-state index in [2.05, 4.69) is 60.7 Å². The molecule has 2 aliphatic rings. The van der Waals surface area contributed by atoms with Crippen LogP contribution in [0.2, 0.25) is 18.6 Å². The zero-order chi connectivity index (χ0) is 35.3. The Hall–Kier alpha value is -3.99. The minimum absolute atomic E-state index is 0.0401. The third-order valence-electron chi connectivity index (χ3n) is 11.1. The first-order valence-corrected chi connectivity index (χ1v) is 21.2. The maximum atomic E-state index is 13.1. The molecule has 266 valence electrons. The number of rotatable bonds is 12. The molecule has 0 bridgehead atoms. The lowest BCUT2D eigenvalue weighted by Crippen LogP contribution is -2.54. The number of aliphatic hydroxyl groups is 1. The molecule has 0 saturated carbocycles. The van der Waals surface area contributed by atoms with Gasteiger partial charge in [0.15, 0.2) is 0 Å².